The van der Waals surface area contributed by atoms with Gasteiger partial charge in [0.1, 0.15) is 0 Å². The molecule has 0 spiro atoms. The molecule has 17 heavy (non-hydrogen) atoms. The molecule has 92 valence electrons. The van der Waals surface area contributed by atoms with E-state index in [2.05, 4.69) is 4.98 Å². The van der Waals surface area contributed by atoms with Crippen LogP contribution in [0.4, 0.5) is 0 Å². The number of ether oxygens (including phenoxy) is 1. The Hall–Kier alpha value is -1.58. The van der Waals surface area contributed by atoms with E-state index in [4.69, 9.17) is 4.74 Å². The molecule has 0 saturated heterocycles. The Morgan fingerprint density at radius 1 is 1.53 bits per heavy atom. The second-order valence-electron chi connectivity index (χ2n) is 4.37. The van der Waals surface area contributed by atoms with Crippen LogP contribution in [0.3, 0.4) is 0 Å². The minimum Gasteiger partial charge on any atom is -0.481 e. The molecule has 0 unspecified atom stereocenters. The van der Waals surface area contributed by atoms with E-state index in [-0.39, 0.29) is 0 Å². The fourth-order valence-corrected chi connectivity index (χ4v) is 2.01. The van der Waals surface area contributed by atoms with Crippen LogP contribution < -0.4 is 4.74 Å². The first-order valence-corrected chi connectivity index (χ1v) is 5.99. The average molecular weight is 235 g/mol. The summed E-state index contributed by atoms with van der Waals surface area (Å²) in [5.41, 5.74) is 1.05. The predicted molar refractivity (Wildman–Crippen MR) is 63.3 cm³/mol. The third-order valence-electron chi connectivity index (χ3n) is 3.27. The first-order valence-electron chi connectivity index (χ1n) is 5.99. The lowest BCUT2D eigenvalue weighted by Gasteiger charge is -2.15. The summed E-state index contributed by atoms with van der Waals surface area (Å²) in [6.45, 7) is 4.40. The molecule has 1 fully saturated rings. The number of carboxylic acids is 1. The van der Waals surface area contributed by atoms with Crippen molar-refractivity contribution in [2.75, 3.05) is 6.61 Å². The number of hydrogen-bond donors (Lipinski definition) is 1. The van der Waals surface area contributed by atoms with Gasteiger partial charge < -0.3 is 9.84 Å². The molecule has 0 aromatic carbocycles. The van der Waals surface area contributed by atoms with Crippen molar-refractivity contribution < 1.29 is 14.6 Å². The Morgan fingerprint density at radius 2 is 2.24 bits per heavy atom. The van der Waals surface area contributed by atoms with Crippen molar-refractivity contribution >= 4 is 5.97 Å². The largest absolute Gasteiger partial charge is 0.481 e. The van der Waals surface area contributed by atoms with E-state index in [1.165, 1.54) is 0 Å². The lowest BCUT2D eigenvalue weighted by atomic mass is 9.95. The minimum absolute atomic E-state index is 0.476. The summed E-state index contributed by atoms with van der Waals surface area (Å²) < 4.78 is 5.44. The molecule has 1 aliphatic rings. The van der Waals surface area contributed by atoms with Crippen molar-refractivity contribution in [1.82, 2.24) is 4.98 Å². The van der Waals surface area contributed by atoms with Crippen LogP contribution in [0, 0.1) is 0 Å². The van der Waals surface area contributed by atoms with E-state index in [0.29, 0.717) is 25.3 Å². The summed E-state index contributed by atoms with van der Waals surface area (Å²) in [5, 5.41) is 9.33. The molecule has 1 heterocycles. The Morgan fingerprint density at radius 3 is 2.71 bits per heavy atom. The molecule has 0 atom stereocenters. The monoisotopic (exact) mass is 235 g/mol. The third-order valence-corrected chi connectivity index (χ3v) is 3.27. The van der Waals surface area contributed by atoms with Gasteiger partial charge in [0.2, 0.25) is 5.88 Å². The first-order chi connectivity index (χ1) is 8.14. The van der Waals surface area contributed by atoms with E-state index >= 15 is 0 Å². The second kappa shape index (κ2) is 4.35. The number of carbonyl (C=O) groups is 1. The van der Waals surface area contributed by atoms with Crippen LogP contribution in [0.25, 0.3) is 0 Å². The number of carboxylic acid groups (broad SMARTS) is 1. The van der Waals surface area contributed by atoms with Crippen molar-refractivity contribution in [2.24, 2.45) is 0 Å². The fraction of sp³-hybridized carbons (Fsp3) is 0.538. The van der Waals surface area contributed by atoms with Gasteiger partial charge in [-0.15, -0.1) is 0 Å². The molecule has 1 aromatic heterocycles. The Kier molecular flexibility index (Phi) is 3.05. The van der Waals surface area contributed by atoms with Gasteiger partial charge in [-0.25, -0.2) is 4.98 Å². The van der Waals surface area contributed by atoms with Gasteiger partial charge in [-0.2, -0.15) is 0 Å². The van der Waals surface area contributed by atoms with Gasteiger partial charge in [-0.3, -0.25) is 4.79 Å². The van der Waals surface area contributed by atoms with Crippen molar-refractivity contribution in [3.63, 3.8) is 0 Å². The molecule has 2 rings (SSSR count). The number of pyridine rings is 1. The molecule has 0 amide bonds. The number of aryl methyl sites for hydroxylation is 1. The summed E-state index contributed by atoms with van der Waals surface area (Å²) in [6.07, 6.45) is 3.96. The molecular weight excluding hydrogens is 218 g/mol. The van der Waals surface area contributed by atoms with Crippen LogP contribution >= 0.6 is 0 Å². The highest BCUT2D eigenvalue weighted by Gasteiger charge is 2.53. The van der Waals surface area contributed by atoms with Gasteiger partial charge in [0.25, 0.3) is 0 Å². The van der Waals surface area contributed by atoms with E-state index in [0.717, 1.165) is 17.5 Å². The maximum Gasteiger partial charge on any atom is 0.314 e. The zero-order chi connectivity index (χ0) is 12.5. The van der Waals surface area contributed by atoms with E-state index in [9.17, 15) is 9.90 Å². The lowest BCUT2D eigenvalue weighted by Crippen LogP contribution is -2.21. The molecular formula is C13H17NO3. The first kappa shape index (κ1) is 11.9. The molecule has 1 aromatic rings. The second-order valence-corrected chi connectivity index (χ2v) is 4.37. The van der Waals surface area contributed by atoms with Gasteiger partial charge in [0, 0.05) is 11.8 Å². The number of rotatable bonds is 5. The van der Waals surface area contributed by atoms with E-state index in [1.54, 1.807) is 6.20 Å². The molecule has 1 N–H and O–H groups in total. The molecule has 4 nitrogen and oxygen atoms in total. The highest BCUT2D eigenvalue weighted by Crippen LogP contribution is 2.51. The molecule has 0 radical (unpaired) electrons. The third kappa shape index (κ3) is 1.99. The molecule has 0 bridgehead atoms. The van der Waals surface area contributed by atoms with Crippen LogP contribution in [0.1, 0.15) is 37.8 Å². The maximum atomic E-state index is 11.4. The Balaban J connectivity index is 2.45. The topological polar surface area (TPSA) is 59.4 Å². The number of hydrogen-bond acceptors (Lipinski definition) is 3. The van der Waals surface area contributed by atoms with Crippen LogP contribution in [0.15, 0.2) is 12.3 Å². The van der Waals surface area contributed by atoms with Crippen LogP contribution in [0.2, 0.25) is 0 Å². The highest BCUT2D eigenvalue weighted by atomic mass is 16.5. The van der Waals surface area contributed by atoms with Crippen molar-refractivity contribution in [2.45, 2.75) is 38.5 Å². The fourth-order valence-electron chi connectivity index (χ4n) is 2.01. The molecule has 4 heteroatoms. The van der Waals surface area contributed by atoms with Crippen LogP contribution in [0.5, 0.6) is 5.88 Å². The summed E-state index contributed by atoms with van der Waals surface area (Å²) in [4.78, 5) is 15.6. The normalized spacial score (nSPS) is 16.6. The quantitative estimate of drug-likeness (QED) is 0.849. The van der Waals surface area contributed by atoms with E-state index in [1.807, 2.05) is 19.9 Å². The summed E-state index contributed by atoms with van der Waals surface area (Å²) in [5.74, 6) is -0.293. The predicted octanol–water partition coefficient (Wildman–Crippen LogP) is 2.16. The van der Waals surface area contributed by atoms with Gasteiger partial charge in [0.05, 0.1) is 12.0 Å². The summed E-state index contributed by atoms with van der Waals surface area (Å²) in [7, 11) is 0. The number of nitrogens with zero attached hydrogens (tertiary/aromatic N) is 1. The number of aliphatic carboxylic acids is 1. The van der Waals surface area contributed by atoms with Crippen molar-refractivity contribution in [3.8, 4) is 5.88 Å². The highest BCUT2D eigenvalue weighted by molar-refractivity contribution is 5.85. The Labute approximate surface area is 101 Å². The van der Waals surface area contributed by atoms with Gasteiger partial charge in [-0.1, -0.05) is 6.92 Å². The minimum atomic E-state index is -0.770. The van der Waals surface area contributed by atoms with Crippen LogP contribution in [-0.4, -0.2) is 22.7 Å². The summed E-state index contributed by atoms with van der Waals surface area (Å²) >= 11 is 0. The lowest BCUT2D eigenvalue weighted by molar-refractivity contribution is -0.140. The maximum absolute atomic E-state index is 11.4. The zero-order valence-corrected chi connectivity index (χ0v) is 10.2. The average Bonchev–Trinajstić information content (AvgIpc) is 3.11. The standard InChI is InChI=1S/C13H17NO3/c1-3-9-7-10(11(14-8-9)17-4-2)13(5-6-13)12(15)16/h7-8H,3-6H2,1-2H3,(H,15,16). The summed E-state index contributed by atoms with van der Waals surface area (Å²) in [6, 6.07) is 1.93. The van der Waals surface area contributed by atoms with Crippen molar-refractivity contribution in [1.29, 1.82) is 0 Å². The molecule has 0 aliphatic heterocycles. The van der Waals surface area contributed by atoms with Crippen LogP contribution in [-0.2, 0) is 16.6 Å². The Bertz CT molecular complexity index is 438. The van der Waals surface area contributed by atoms with Gasteiger partial charge in [-0.05, 0) is 37.8 Å². The van der Waals surface area contributed by atoms with Crippen molar-refractivity contribution in [3.05, 3.63) is 23.4 Å². The number of aromatic nitrogens is 1. The molecule has 1 saturated carbocycles. The smallest absolute Gasteiger partial charge is 0.314 e. The van der Waals surface area contributed by atoms with E-state index < -0.39 is 11.4 Å². The SMILES string of the molecule is CCOc1ncc(CC)cc1C1(C(=O)O)CC1. The van der Waals surface area contributed by atoms with Gasteiger partial charge in [0.15, 0.2) is 0 Å². The zero-order valence-electron chi connectivity index (χ0n) is 10.2. The molecule has 1 aliphatic carbocycles. The van der Waals surface area contributed by atoms with Gasteiger partial charge >= 0.3 is 5.97 Å².